The van der Waals surface area contributed by atoms with Gasteiger partial charge in [0.2, 0.25) is 0 Å². The second-order valence-corrected chi connectivity index (χ2v) is 11.4. The molecule has 0 aliphatic heterocycles. The first-order valence-electron chi connectivity index (χ1n) is 15.3. The number of rotatable bonds is 11. The highest BCUT2D eigenvalue weighted by Gasteiger charge is 2.56. The summed E-state index contributed by atoms with van der Waals surface area (Å²) in [5.74, 6) is -2.09. The minimum Gasteiger partial charge on any atom is -0.466 e. The lowest BCUT2D eigenvalue weighted by Gasteiger charge is -2.34. The molecule has 0 aromatic rings. The van der Waals surface area contributed by atoms with E-state index in [2.05, 4.69) is 28.4 Å². The second-order valence-electron chi connectivity index (χ2n) is 8.10. The molecule has 0 aromatic carbocycles. The lowest BCUT2D eigenvalue weighted by atomic mass is 9.95. The fraction of sp³-hybridized carbons (Fsp3) is 0.774. The van der Waals surface area contributed by atoms with E-state index in [0.29, 0.717) is 39.6 Å². The van der Waals surface area contributed by atoms with Gasteiger partial charge in [0.25, 0.3) is 0 Å². The first-order valence-corrected chi connectivity index (χ1v) is 17.9. The molecule has 0 heterocycles. The smallest absolute Gasteiger partial charge is 0.320 e. The lowest BCUT2D eigenvalue weighted by Crippen LogP contribution is -2.49. The minimum absolute atomic E-state index is 0.113. The first-order chi connectivity index (χ1) is 23.4. The molecule has 0 spiro atoms. The highest BCUT2D eigenvalue weighted by atomic mass is 35.5. The number of ether oxygens (including phenoxy) is 7. The molecule has 20 heteroatoms. The first kappa shape index (κ1) is 64.0. The summed E-state index contributed by atoms with van der Waals surface area (Å²) in [7, 11) is 0. The summed E-state index contributed by atoms with van der Waals surface area (Å²) in [4.78, 5) is 66.7. The average Bonchev–Trinajstić information content (AvgIpc) is 2.94. The van der Waals surface area contributed by atoms with E-state index < -0.39 is 25.9 Å². The van der Waals surface area contributed by atoms with Crippen LogP contribution in [0.4, 0.5) is 0 Å². The van der Waals surface area contributed by atoms with Crippen LogP contribution in [0, 0.1) is 5.41 Å². The van der Waals surface area contributed by atoms with Gasteiger partial charge in [0.15, 0.2) is 5.41 Å². The molecule has 0 fully saturated rings. The van der Waals surface area contributed by atoms with Crippen LogP contribution in [0.25, 0.3) is 0 Å². The van der Waals surface area contributed by atoms with Gasteiger partial charge in [-0.1, -0.05) is 0 Å². The van der Waals surface area contributed by atoms with Crippen LogP contribution in [0.5, 0.6) is 0 Å². The third kappa shape index (κ3) is 55.0. The monoisotopic (exact) mass is 862 g/mol. The van der Waals surface area contributed by atoms with E-state index in [1.165, 1.54) is 41.5 Å². The van der Waals surface area contributed by atoms with Crippen molar-refractivity contribution >= 4 is 111 Å². The zero-order valence-corrected chi connectivity index (χ0v) is 36.2. The fourth-order valence-electron chi connectivity index (χ4n) is 2.03. The van der Waals surface area contributed by atoms with E-state index in [4.69, 9.17) is 74.3 Å². The number of hydrogen-bond donors (Lipinski definition) is 0. The summed E-state index contributed by atoms with van der Waals surface area (Å²) >= 11 is 33.9. The van der Waals surface area contributed by atoms with Crippen LogP contribution in [-0.4, -0.2) is 103 Å². The molecule has 0 atom stereocenters. The van der Waals surface area contributed by atoms with Crippen LogP contribution in [0.3, 0.4) is 0 Å². The maximum Gasteiger partial charge on any atom is 0.320 e. The Morgan fingerprint density at radius 3 is 0.549 bits per heavy atom. The molecular weight excluding hydrogens is 809 g/mol. The summed E-state index contributed by atoms with van der Waals surface area (Å²) in [5, 5.41) is 0. The van der Waals surface area contributed by atoms with Gasteiger partial charge in [0.05, 0.1) is 46.2 Å². The number of esters is 7. The summed E-state index contributed by atoms with van der Waals surface area (Å²) in [6.45, 7) is 23.6. The van der Waals surface area contributed by atoms with Crippen molar-refractivity contribution in [2.24, 2.45) is 5.41 Å². The van der Waals surface area contributed by atoms with Crippen LogP contribution in [-0.2, 0) is 66.7 Å². The van der Waals surface area contributed by atoms with Crippen molar-refractivity contribution in [2.45, 2.75) is 105 Å². The van der Waals surface area contributed by atoms with Gasteiger partial charge in [-0.3, -0.25) is 33.6 Å². The molecule has 0 radical (unpaired) electrons. The summed E-state index contributed by atoms with van der Waals surface area (Å²) in [5.41, 5.74) is -1.76. The molecular formula is C31H56Cl6O14. The van der Waals surface area contributed by atoms with E-state index in [1.54, 1.807) is 48.5 Å². The van der Waals surface area contributed by atoms with Crippen molar-refractivity contribution in [3.8, 4) is 0 Å². The summed E-state index contributed by atoms with van der Waals surface area (Å²) in [6.07, 6.45) is 0. The lowest BCUT2D eigenvalue weighted by molar-refractivity contribution is -0.153. The molecule has 0 aliphatic rings. The zero-order valence-electron chi connectivity index (χ0n) is 31.7. The molecule has 0 unspecified atom stereocenters. The predicted molar refractivity (Wildman–Crippen MR) is 199 cm³/mol. The van der Waals surface area contributed by atoms with E-state index >= 15 is 0 Å². The second kappa shape index (κ2) is 46.1. The van der Waals surface area contributed by atoms with Crippen LogP contribution in [0.1, 0.15) is 90.0 Å². The summed E-state index contributed by atoms with van der Waals surface area (Å²) < 4.78 is 31.2. The SMILES string of the molecule is CCOC(=O)C(C(Cl)Cl)(C(Cl)Cl)C(Cl)Cl.CCOC(C)=O.CCOC(C)=O.CCOC(C)=O.CCOC(C)=O.CCOC(C)=O.CCOC(C)=O. The molecule has 0 aromatic heterocycles. The third-order valence-corrected chi connectivity index (χ3v) is 5.96. The van der Waals surface area contributed by atoms with Crippen LogP contribution >= 0.6 is 69.6 Å². The Morgan fingerprint density at radius 1 is 0.353 bits per heavy atom. The third-order valence-electron chi connectivity index (χ3n) is 3.80. The highest BCUT2D eigenvalue weighted by Crippen LogP contribution is 2.46. The quantitative estimate of drug-likeness (QED) is 0.114. The van der Waals surface area contributed by atoms with Gasteiger partial charge < -0.3 is 33.2 Å². The number of alkyl halides is 6. The van der Waals surface area contributed by atoms with Gasteiger partial charge in [0.1, 0.15) is 14.5 Å². The number of hydrogen-bond acceptors (Lipinski definition) is 14. The maximum absolute atomic E-state index is 11.7. The molecule has 14 nitrogen and oxygen atoms in total. The molecule has 306 valence electrons. The van der Waals surface area contributed by atoms with Gasteiger partial charge in [-0.05, 0) is 48.5 Å². The Bertz CT molecular complexity index is 758. The van der Waals surface area contributed by atoms with Gasteiger partial charge in [-0.15, -0.1) is 69.6 Å². The molecule has 0 bridgehead atoms. The van der Waals surface area contributed by atoms with Crippen LogP contribution in [0.2, 0.25) is 0 Å². The topological polar surface area (TPSA) is 184 Å². The van der Waals surface area contributed by atoms with Crippen molar-refractivity contribution in [1.82, 2.24) is 0 Å². The number of carbonyl (C=O) groups excluding carboxylic acids is 7. The fourth-order valence-corrected chi connectivity index (χ4v) is 4.85. The minimum atomic E-state index is -1.76. The largest absolute Gasteiger partial charge is 0.466 e. The molecule has 0 saturated carbocycles. The Labute approximate surface area is 332 Å². The number of carbonyl (C=O) groups is 7. The molecule has 0 amide bonds. The van der Waals surface area contributed by atoms with Gasteiger partial charge >= 0.3 is 41.8 Å². The van der Waals surface area contributed by atoms with Crippen molar-refractivity contribution in [1.29, 1.82) is 0 Å². The Hall–Kier alpha value is -1.97. The highest BCUT2D eigenvalue weighted by molar-refractivity contribution is 6.55. The van der Waals surface area contributed by atoms with Crippen molar-refractivity contribution in [3.63, 3.8) is 0 Å². The van der Waals surface area contributed by atoms with Crippen LogP contribution in [0.15, 0.2) is 0 Å². The van der Waals surface area contributed by atoms with Crippen LogP contribution < -0.4 is 0 Å². The molecule has 0 saturated heterocycles. The number of halogens is 6. The van der Waals surface area contributed by atoms with E-state index in [-0.39, 0.29) is 42.4 Å². The maximum atomic E-state index is 11.7. The average molecular weight is 865 g/mol. The molecule has 0 rings (SSSR count). The van der Waals surface area contributed by atoms with Gasteiger partial charge in [0, 0.05) is 41.5 Å². The van der Waals surface area contributed by atoms with Gasteiger partial charge in [-0.2, -0.15) is 0 Å². The Balaban J connectivity index is -0.0000000929. The zero-order chi connectivity index (χ0) is 42.2. The van der Waals surface area contributed by atoms with E-state index in [0.717, 1.165) is 0 Å². The van der Waals surface area contributed by atoms with E-state index in [9.17, 15) is 33.6 Å². The Morgan fingerprint density at radius 2 is 0.490 bits per heavy atom. The molecule has 0 N–H and O–H groups in total. The van der Waals surface area contributed by atoms with Crippen molar-refractivity contribution in [2.75, 3.05) is 46.2 Å². The normalized spacial score (nSPS) is 9.14. The van der Waals surface area contributed by atoms with Crippen molar-refractivity contribution in [3.05, 3.63) is 0 Å². The molecule has 51 heavy (non-hydrogen) atoms. The molecule has 0 aliphatic carbocycles. The van der Waals surface area contributed by atoms with Gasteiger partial charge in [-0.25, -0.2) is 0 Å². The predicted octanol–water partition coefficient (Wildman–Crippen LogP) is 7.36. The Kier molecular flexibility index (Phi) is 57.8. The van der Waals surface area contributed by atoms with E-state index in [1.807, 2.05) is 0 Å². The van der Waals surface area contributed by atoms with Crippen molar-refractivity contribution < 1.29 is 66.7 Å². The summed E-state index contributed by atoms with van der Waals surface area (Å²) in [6, 6.07) is 0. The standard InChI is InChI=1S/C7H8Cl6O2.6C4H8O2/c1-2-15-6(14)7(3(8)9,4(10)11)5(12)13;6*1-3-6-4(2)5/h3-5H,2H2,1H3;6*3H2,1-2H3.